The Morgan fingerprint density at radius 2 is 1.88 bits per heavy atom. The molecule has 33 heavy (non-hydrogen) atoms. The van der Waals surface area contributed by atoms with E-state index < -0.39 is 21.8 Å². The third-order valence-corrected chi connectivity index (χ3v) is 9.37. The minimum absolute atomic E-state index is 0.195. The molecule has 1 aromatic heterocycles. The molecular formula is C21H26F3N3O4S2. The fourth-order valence-corrected chi connectivity index (χ4v) is 6.51. The number of rotatable bonds is 7. The summed E-state index contributed by atoms with van der Waals surface area (Å²) in [5.41, 5.74) is -2.54. The average Bonchev–Trinajstić information content (AvgIpc) is 3.28. The molecule has 2 aromatic rings. The zero-order chi connectivity index (χ0) is 23.9. The lowest BCUT2D eigenvalue weighted by atomic mass is 9.95. The van der Waals surface area contributed by atoms with E-state index in [1.807, 2.05) is 4.90 Å². The quantitative estimate of drug-likeness (QED) is 0.602. The van der Waals surface area contributed by atoms with E-state index in [1.54, 1.807) is 29.6 Å². The highest BCUT2D eigenvalue weighted by Crippen LogP contribution is 2.39. The molecule has 0 saturated carbocycles. The fraction of sp³-hybridized carbons (Fsp3) is 0.524. The third kappa shape index (κ3) is 4.91. The molecule has 7 nitrogen and oxygen atoms in total. The molecule has 0 bridgehead atoms. The second kappa shape index (κ2) is 9.16. The Hall–Kier alpha value is -1.70. The van der Waals surface area contributed by atoms with Gasteiger partial charge >= 0.3 is 6.18 Å². The monoisotopic (exact) mass is 505 g/mol. The van der Waals surface area contributed by atoms with E-state index in [9.17, 15) is 26.7 Å². The highest BCUT2D eigenvalue weighted by molar-refractivity contribution is 7.91. The molecule has 1 unspecified atom stereocenters. The summed E-state index contributed by atoms with van der Waals surface area (Å²) in [5.74, 6) is 0. The van der Waals surface area contributed by atoms with Gasteiger partial charge in [0.1, 0.15) is 4.21 Å². The SMILES string of the molecule is CC(O)(c1ccc(N2CCN(S(=O)(=O)c3cccs3)C[C@@H]2CNC2COC2)cc1)C(F)(F)F. The van der Waals surface area contributed by atoms with Crippen LogP contribution in [0.2, 0.25) is 0 Å². The number of ether oxygens (including phenoxy) is 1. The maximum Gasteiger partial charge on any atom is 0.421 e. The van der Waals surface area contributed by atoms with Gasteiger partial charge in [0.05, 0.1) is 25.3 Å². The summed E-state index contributed by atoms with van der Waals surface area (Å²) in [5, 5.41) is 15.0. The van der Waals surface area contributed by atoms with Crippen LogP contribution >= 0.6 is 11.3 Å². The number of hydrogen-bond acceptors (Lipinski definition) is 7. The number of halogens is 3. The molecule has 1 aromatic carbocycles. The number of nitrogens with zero attached hydrogens (tertiary/aromatic N) is 2. The molecule has 0 spiro atoms. The first kappa shape index (κ1) is 24.4. The van der Waals surface area contributed by atoms with Gasteiger partial charge in [-0.3, -0.25) is 0 Å². The average molecular weight is 506 g/mol. The van der Waals surface area contributed by atoms with E-state index in [1.165, 1.54) is 27.8 Å². The van der Waals surface area contributed by atoms with Crippen LogP contribution < -0.4 is 10.2 Å². The summed E-state index contributed by atoms with van der Waals surface area (Å²) < 4.78 is 72.5. The van der Waals surface area contributed by atoms with Crippen LogP contribution in [-0.4, -0.2) is 75.5 Å². The molecule has 2 atom stereocenters. The minimum Gasteiger partial charge on any atom is -0.378 e. The lowest BCUT2D eigenvalue weighted by Crippen LogP contribution is -2.60. The Morgan fingerprint density at radius 1 is 1.18 bits per heavy atom. The molecule has 3 heterocycles. The van der Waals surface area contributed by atoms with Crippen molar-refractivity contribution in [2.75, 3.05) is 44.3 Å². The zero-order valence-corrected chi connectivity index (χ0v) is 19.6. The summed E-state index contributed by atoms with van der Waals surface area (Å²) in [4.78, 5) is 2.00. The van der Waals surface area contributed by atoms with Crippen molar-refractivity contribution in [1.29, 1.82) is 0 Å². The maximum absolute atomic E-state index is 13.2. The number of hydrogen-bond donors (Lipinski definition) is 2. The van der Waals surface area contributed by atoms with Crippen molar-refractivity contribution in [1.82, 2.24) is 9.62 Å². The Morgan fingerprint density at radius 3 is 2.42 bits per heavy atom. The number of benzene rings is 1. The van der Waals surface area contributed by atoms with E-state index in [0.29, 0.717) is 32.0 Å². The summed E-state index contributed by atoms with van der Waals surface area (Å²) in [7, 11) is -3.62. The summed E-state index contributed by atoms with van der Waals surface area (Å²) >= 11 is 1.17. The maximum atomic E-state index is 13.2. The summed E-state index contributed by atoms with van der Waals surface area (Å²) in [6.45, 7) is 3.27. The smallest absolute Gasteiger partial charge is 0.378 e. The van der Waals surface area contributed by atoms with Crippen LogP contribution in [0, 0.1) is 0 Å². The highest BCUT2D eigenvalue weighted by atomic mass is 32.2. The molecule has 2 saturated heterocycles. The molecule has 0 radical (unpaired) electrons. The van der Waals surface area contributed by atoms with Crippen LogP contribution in [0.25, 0.3) is 0 Å². The number of piperazine rings is 1. The van der Waals surface area contributed by atoms with Crippen LogP contribution in [0.4, 0.5) is 18.9 Å². The van der Waals surface area contributed by atoms with E-state index in [0.717, 1.165) is 6.92 Å². The van der Waals surface area contributed by atoms with Crippen molar-refractivity contribution < 1.29 is 31.4 Å². The van der Waals surface area contributed by atoms with Gasteiger partial charge in [-0.2, -0.15) is 17.5 Å². The lowest BCUT2D eigenvalue weighted by Gasteiger charge is -2.43. The Balaban J connectivity index is 1.55. The predicted octanol–water partition coefficient (Wildman–Crippen LogP) is 2.39. The van der Waals surface area contributed by atoms with Crippen LogP contribution in [-0.2, 0) is 20.4 Å². The van der Waals surface area contributed by atoms with Gasteiger partial charge in [-0.15, -0.1) is 11.3 Å². The van der Waals surface area contributed by atoms with Gasteiger partial charge in [-0.1, -0.05) is 18.2 Å². The van der Waals surface area contributed by atoms with Gasteiger partial charge in [-0.25, -0.2) is 8.42 Å². The minimum atomic E-state index is -4.80. The standard InChI is InChI=1S/C21H26F3N3O4S2/c1-20(28,21(22,23)24)15-4-6-17(7-5-15)27-9-8-26(33(29,30)19-3-2-10-32-19)12-18(27)11-25-16-13-31-14-16/h2-7,10,16,18,25,28H,8-9,11-14H2,1H3/t18-,20?/m0/s1. The van der Waals surface area contributed by atoms with Gasteiger partial charge < -0.3 is 20.1 Å². The summed E-state index contributed by atoms with van der Waals surface area (Å²) in [6.07, 6.45) is -4.80. The van der Waals surface area contributed by atoms with Crippen LogP contribution in [0.15, 0.2) is 46.0 Å². The molecule has 0 aliphatic carbocycles. The van der Waals surface area contributed by atoms with E-state index >= 15 is 0 Å². The third-order valence-electron chi connectivity index (χ3n) is 6.13. The Kier molecular flexibility index (Phi) is 6.78. The van der Waals surface area contributed by atoms with Crippen LogP contribution in [0.1, 0.15) is 12.5 Å². The van der Waals surface area contributed by atoms with Gasteiger partial charge in [0.15, 0.2) is 5.60 Å². The molecule has 2 fully saturated rings. The molecular weight excluding hydrogens is 479 g/mol. The number of sulfonamides is 1. The lowest BCUT2D eigenvalue weighted by molar-refractivity contribution is -0.258. The predicted molar refractivity (Wildman–Crippen MR) is 119 cm³/mol. The Bertz CT molecular complexity index is 1040. The topological polar surface area (TPSA) is 82.1 Å². The second-order valence-electron chi connectivity index (χ2n) is 8.40. The Labute approximate surface area is 194 Å². The van der Waals surface area contributed by atoms with Gasteiger partial charge in [0, 0.05) is 31.9 Å². The highest BCUT2D eigenvalue weighted by Gasteiger charge is 2.51. The molecule has 2 aliphatic heterocycles. The first-order valence-electron chi connectivity index (χ1n) is 10.5. The number of thiophene rings is 1. The largest absolute Gasteiger partial charge is 0.421 e. The van der Waals surface area contributed by atoms with Crippen molar-refractivity contribution in [2.24, 2.45) is 0 Å². The summed E-state index contributed by atoms with van der Waals surface area (Å²) in [6, 6.07) is 8.85. The van der Waals surface area contributed by atoms with E-state index in [4.69, 9.17) is 4.74 Å². The van der Waals surface area contributed by atoms with Gasteiger partial charge in [0.25, 0.3) is 10.0 Å². The number of aliphatic hydroxyl groups is 1. The number of alkyl halides is 3. The normalized spacial score (nSPS) is 22.7. The van der Waals surface area contributed by atoms with Gasteiger partial charge in [-0.05, 0) is 36.1 Å². The number of nitrogens with one attached hydrogen (secondary N) is 1. The molecule has 2 aliphatic rings. The van der Waals surface area contributed by atoms with Crippen molar-refractivity contribution >= 4 is 27.0 Å². The molecule has 12 heteroatoms. The molecule has 182 valence electrons. The first-order valence-corrected chi connectivity index (χ1v) is 12.8. The molecule has 2 N–H and O–H groups in total. The van der Waals surface area contributed by atoms with Crippen LogP contribution in [0.5, 0.6) is 0 Å². The fourth-order valence-electron chi connectivity index (χ4n) is 3.89. The zero-order valence-electron chi connectivity index (χ0n) is 18.0. The van der Waals surface area contributed by atoms with Crippen molar-refractivity contribution in [3.05, 3.63) is 47.3 Å². The number of anilines is 1. The van der Waals surface area contributed by atoms with Crippen molar-refractivity contribution in [2.45, 2.75) is 35.0 Å². The van der Waals surface area contributed by atoms with E-state index in [2.05, 4.69) is 5.32 Å². The van der Waals surface area contributed by atoms with Crippen molar-refractivity contribution in [3.8, 4) is 0 Å². The second-order valence-corrected chi connectivity index (χ2v) is 11.5. The molecule has 0 amide bonds. The van der Waals surface area contributed by atoms with E-state index in [-0.39, 0.29) is 34.9 Å². The van der Waals surface area contributed by atoms with Crippen molar-refractivity contribution in [3.63, 3.8) is 0 Å². The van der Waals surface area contributed by atoms with Crippen LogP contribution in [0.3, 0.4) is 0 Å². The van der Waals surface area contributed by atoms with Gasteiger partial charge in [0.2, 0.25) is 0 Å². The first-order chi connectivity index (χ1) is 15.5. The molecule has 4 rings (SSSR count).